The fraction of sp³-hybridized carbons (Fsp3) is 0.400. The lowest BCUT2D eigenvalue weighted by atomic mass is 10.2. The third kappa shape index (κ3) is 3.11. The summed E-state index contributed by atoms with van der Waals surface area (Å²) in [6, 6.07) is 8.14. The molecule has 6 nitrogen and oxygen atoms in total. The van der Waals surface area contributed by atoms with Gasteiger partial charge in [-0.3, -0.25) is 0 Å². The minimum atomic E-state index is -1.11. The molecule has 1 aromatic heterocycles. The van der Waals surface area contributed by atoms with Gasteiger partial charge in [-0.1, -0.05) is 12.1 Å². The van der Waals surface area contributed by atoms with E-state index < -0.39 is 5.97 Å². The van der Waals surface area contributed by atoms with E-state index in [1.54, 1.807) is 6.07 Å². The first kappa shape index (κ1) is 13.8. The van der Waals surface area contributed by atoms with Crippen LogP contribution >= 0.6 is 0 Å². The fourth-order valence-corrected chi connectivity index (χ4v) is 2.36. The quantitative estimate of drug-likeness (QED) is 0.843. The second-order valence-electron chi connectivity index (χ2n) is 5.36. The molecule has 1 aliphatic rings. The topological polar surface area (TPSA) is 78.4 Å². The Bertz CT molecular complexity index is 670. The van der Waals surface area contributed by atoms with Crippen molar-refractivity contribution in [2.45, 2.75) is 18.9 Å². The smallest absolute Gasteiger partial charge is 0.374 e. The van der Waals surface area contributed by atoms with E-state index in [0.29, 0.717) is 17.4 Å². The molecule has 1 fully saturated rings. The van der Waals surface area contributed by atoms with Crippen molar-refractivity contribution < 1.29 is 9.90 Å². The van der Waals surface area contributed by atoms with Crippen LogP contribution in [-0.4, -0.2) is 52.1 Å². The van der Waals surface area contributed by atoms with Crippen LogP contribution in [0.15, 0.2) is 24.3 Å². The first-order valence-corrected chi connectivity index (χ1v) is 7.09. The summed E-state index contributed by atoms with van der Waals surface area (Å²) < 4.78 is 0. The Labute approximate surface area is 122 Å². The van der Waals surface area contributed by atoms with Gasteiger partial charge in [-0.25, -0.2) is 14.8 Å². The number of likely N-dealkylation sites (N-methyl/N-ethyl adjacent to an activating group) is 1. The van der Waals surface area contributed by atoms with E-state index in [1.807, 2.05) is 18.2 Å². The maximum Gasteiger partial charge on any atom is 0.374 e. The van der Waals surface area contributed by atoms with E-state index in [9.17, 15) is 4.79 Å². The molecule has 1 aromatic carbocycles. The van der Waals surface area contributed by atoms with Gasteiger partial charge >= 0.3 is 5.97 Å². The number of rotatable bonds is 6. The van der Waals surface area contributed by atoms with Crippen LogP contribution in [-0.2, 0) is 0 Å². The molecule has 0 saturated heterocycles. The van der Waals surface area contributed by atoms with Crippen molar-refractivity contribution >= 4 is 22.7 Å². The third-order valence-corrected chi connectivity index (χ3v) is 3.72. The van der Waals surface area contributed by atoms with Crippen molar-refractivity contribution in [3.63, 3.8) is 0 Å². The van der Waals surface area contributed by atoms with Gasteiger partial charge in [-0.2, -0.15) is 0 Å². The summed E-state index contributed by atoms with van der Waals surface area (Å²) >= 11 is 0. The van der Waals surface area contributed by atoms with Gasteiger partial charge in [0, 0.05) is 24.5 Å². The highest BCUT2D eigenvalue weighted by molar-refractivity contribution is 5.93. The predicted octanol–water partition coefficient (Wildman–Crippen LogP) is 1.83. The number of anilines is 1. The van der Waals surface area contributed by atoms with Crippen molar-refractivity contribution in [3.05, 3.63) is 30.1 Å². The molecule has 3 rings (SSSR count). The van der Waals surface area contributed by atoms with Crippen molar-refractivity contribution in [2.24, 2.45) is 0 Å². The summed E-state index contributed by atoms with van der Waals surface area (Å²) in [4.78, 5) is 21.6. The van der Waals surface area contributed by atoms with Crippen LogP contribution in [0.25, 0.3) is 10.9 Å². The lowest BCUT2D eigenvalue weighted by Crippen LogP contribution is -2.27. The molecule has 0 atom stereocenters. The highest BCUT2D eigenvalue weighted by Gasteiger charge is 2.25. The number of carbonyl (C=O) groups is 1. The van der Waals surface area contributed by atoms with Gasteiger partial charge in [0.1, 0.15) is 5.82 Å². The van der Waals surface area contributed by atoms with Crippen LogP contribution in [0.5, 0.6) is 0 Å². The zero-order chi connectivity index (χ0) is 14.8. The van der Waals surface area contributed by atoms with Gasteiger partial charge < -0.3 is 15.3 Å². The number of aromatic carboxylic acids is 1. The Morgan fingerprint density at radius 1 is 1.38 bits per heavy atom. The maximum absolute atomic E-state index is 11.1. The van der Waals surface area contributed by atoms with E-state index in [1.165, 1.54) is 12.8 Å². The Kier molecular flexibility index (Phi) is 3.70. The van der Waals surface area contributed by atoms with Crippen LogP contribution in [0.3, 0.4) is 0 Å². The number of carboxylic acid groups (broad SMARTS) is 1. The van der Waals surface area contributed by atoms with Gasteiger partial charge in [0.15, 0.2) is 0 Å². The molecule has 21 heavy (non-hydrogen) atoms. The summed E-state index contributed by atoms with van der Waals surface area (Å²) in [5.74, 6) is -0.701. The van der Waals surface area contributed by atoms with Gasteiger partial charge in [-0.05, 0) is 32.0 Å². The average Bonchev–Trinajstić information content (AvgIpc) is 3.31. The predicted molar refractivity (Wildman–Crippen MR) is 80.6 cm³/mol. The zero-order valence-electron chi connectivity index (χ0n) is 11.9. The Morgan fingerprint density at radius 3 is 2.86 bits per heavy atom. The monoisotopic (exact) mass is 286 g/mol. The standard InChI is InChI=1S/C15H18N4O2/c1-19(10-6-7-10)9-8-16-13-11-4-2-3-5-12(11)17-14(18-13)15(20)21/h2-5,10H,6-9H2,1H3,(H,20,21)(H,16,17,18). The molecule has 0 amide bonds. The summed E-state index contributed by atoms with van der Waals surface area (Å²) in [6.45, 7) is 1.64. The molecule has 0 spiro atoms. The number of aromatic nitrogens is 2. The minimum absolute atomic E-state index is 0.174. The number of benzene rings is 1. The van der Waals surface area contributed by atoms with E-state index in [-0.39, 0.29) is 5.82 Å². The first-order chi connectivity index (χ1) is 10.1. The van der Waals surface area contributed by atoms with Gasteiger partial charge in [-0.15, -0.1) is 0 Å². The van der Waals surface area contributed by atoms with Crippen LogP contribution in [0.2, 0.25) is 0 Å². The molecule has 1 heterocycles. The lowest BCUT2D eigenvalue weighted by Gasteiger charge is -2.16. The van der Waals surface area contributed by atoms with Gasteiger partial charge in [0.25, 0.3) is 0 Å². The molecule has 0 bridgehead atoms. The minimum Gasteiger partial charge on any atom is -0.475 e. The summed E-state index contributed by atoms with van der Waals surface area (Å²) in [5, 5.41) is 13.2. The average molecular weight is 286 g/mol. The van der Waals surface area contributed by atoms with E-state index in [0.717, 1.165) is 18.5 Å². The summed E-state index contributed by atoms with van der Waals surface area (Å²) in [7, 11) is 2.11. The SMILES string of the molecule is CN(CCNc1nc(C(=O)O)nc2ccccc12)C1CC1. The van der Waals surface area contributed by atoms with Crippen molar-refractivity contribution in [2.75, 3.05) is 25.5 Å². The molecule has 6 heteroatoms. The number of hydrogen-bond acceptors (Lipinski definition) is 5. The van der Waals surface area contributed by atoms with Crippen molar-refractivity contribution in [1.29, 1.82) is 0 Å². The van der Waals surface area contributed by atoms with Gasteiger partial charge in [0.05, 0.1) is 5.52 Å². The number of hydrogen-bond donors (Lipinski definition) is 2. The Balaban J connectivity index is 1.80. The molecular weight excluding hydrogens is 268 g/mol. The molecule has 0 radical (unpaired) electrons. The second-order valence-corrected chi connectivity index (χ2v) is 5.36. The molecule has 110 valence electrons. The summed E-state index contributed by atoms with van der Waals surface area (Å²) in [6.07, 6.45) is 2.55. The van der Waals surface area contributed by atoms with Crippen LogP contribution in [0.4, 0.5) is 5.82 Å². The van der Waals surface area contributed by atoms with Gasteiger partial charge in [0.2, 0.25) is 5.82 Å². The number of nitrogens with zero attached hydrogens (tertiary/aromatic N) is 3. The molecule has 1 saturated carbocycles. The van der Waals surface area contributed by atoms with Crippen molar-refractivity contribution in [3.8, 4) is 0 Å². The molecule has 0 unspecified atom stereocenters. The van der Waals surface area contributed by atoms with E-state index in [4.69, 9.17) is 5.11 Å². The molecule has 0 aliphatic heterocycles. The van der Waals surface area contributed by atoms with E-state index in [2.05, 4.69) is 27.2 Å². The van der Waals surface area contributed by atoms with Crippen LogP contribution < -0.4 is 5.32 Å². The van der Waals surface area contributed by atoms with Crippen molar-refractivity contribution in [1.82, 2.24) is 14.9 Å². The normalized spacial score (nSPS) is 14.6. The zero-order valence-corrected chi connectivity index (χ0v) is 11.9. The van der Waals surface area contributed by atoms with Crippen LogP contribution in [0.1, 0.15) is 23.5 Å². The number of fused-ring (bicyclic) bond motifs is 1. The number of para-hydroxylation sites is 1. The Hall–Kier alpha value is -2.21. The highest BCUT2D eigenvalue weighted by Crippen LogP contribution is 2.25. The number of nitrogens with one attached hydrogen (secondary N) is 1. The maximum atomic E-state index is 11.1. The Morgan fingerprint density at radius 2 is 2.14 bits per heavy atom. The molecule has 1 aliphatic carbocycles. The molecule has 2 aromatic rings. The lowest BCUT2D eigenvalue weighted by molar-refractivity contribution is 0.0684. The second kappa shape index (κ2) is 5.65. The van der Waals surface area contributed by atoms with E-state index >= 15 is 0 Å². The fourth-order valence-electron chi connectivity index (χ4n) is 2.36. The molecule has 2 N–H and O–H groups in total. The summed E-state index contributed by atoms with van der Waals surface area (Å²) in [5.41, 5.74) is 0.642. The van der Waals surface area contributed by atoms with Crippen LogP contribution in [0, 0.1) is 0 Å². The largest absolute Gasteiger partial charge is 0.475 e. The molecular formula is C15H18N4O2. The first-order valence-electron chi connectivity index (χ1n) is 7.09. The third-order valence-electron chi connectivity index (χ3n) is 3.72. The highest BCUT2D eigenvalue weighted by atomic mass is 16.4. The number of carboxylic acids is 1.